The number of aryl methyl sites for hydroxylation is 1. The SMILES string of the molecule is CS(=O)(=O)Nc1cc(-c2cc(CCCOC(=O)c3ccccc3)nc(C#N)n2)cc(C(F)(F)F)c1. The van der Waals surface area contributed by atoms with Crippen LogP contribution in [0.25, 0.3) is 11.3 Å². The lowest BCUT2D eigenvalue weighted by Gasteiger charge is -2.13. The van der Waals surface area contributed by atoms with Crippen LogP contribution in [0, 0.1) is 11.3 Å². The van der Waals surface area contributed by atoms with Crippen LogP contribution in [-0.4, -0.2) is 37.2 Å². The van der Waals surface area contributed by atoms with Crippen LogP contribution in [0.1, 0.15) is 33.9 Å². The maximum atomic E-state index is 13.4. The third-order valence-electron chi connectivity index (χ3n) is 4.56. The minimum atomic E-state index is -4.75. The Hall–Kier alpha value is -3.98. The van der Waals surface area contributed by atoms with Crippen molar-refractivity contribution in [1.82, 2.24) is 9.97 Å². The molecule has 0 saturated heterocycles. The monoisotopic (exact) mass is 504 g/mol. The third-order valence-corrected chi connectivity index (χ3v) is 5.16. The largest absolute Gasteiger partial charge is 0.462 e. The van der Waals surface area contributed by atoms with E-state index in [2.05, 4.69) is 9.97 Å². The molecule has 0 spiro atoms. The lowest BCUT2D eigenvalue weighted by Crippen LogP contribution is -2.12. The molecular formula is C23H19F3N4O4S. The number of anilines is 1. The summed E-state index contributed by atoms with van der Waals surface area (Å²) in [6, 6.07) is 14.2. The Morgan fingerprint density at radius 2 is 1.83 bits per heavy atom. The smallest absolute Gasteiger partial charge is 0.416 e. The molecule has 0 bridgehead atoms. The molecule has 0 aliphatic carbocycles. The number of esters is 1. The Balaban J connectivity index is 1.83. The minimum absolute atomic E-state index is 0.00970. The van der Waals surface area contributed by atoms with Gasteiger partial charge in [0.25, 0.3) is 0 Å². The van der Waals surface area contributed by atoms with Gasteiger partial charge in [-0.2, -0.15) is 18.4 Å². The number of halogens is 3. The van der Waals surface area contributed by atoms with E-state index >= 15 is 0 Å². The quantitative estimate of drug-likeness (QED) is 0.360. The summed E-state index contributed by atoms with van der Waals surface area (Å²) >= 11 is 0. The van der Waals surface area contributed by atoms with Crippen molar-refractivity contribution in [3.63, 3.8) is 0 Å². The highest BCUT2D eigenvalue weighted by Crippen LogP contribution is 2.35. The third kappa shape index (κ3) is 7.51. The lowest BCUT2D eigenvalue weighted by molar-refractivity contribution is -0.137. The molecule has 8 nitrogen and oxygen atoms in total. The van der Waals surface area contributed by atoms with Crippen LogP contribution in [0.2, 0.25) is 0 Å². The van der Waals surface area contributed by atoms with Gasteiger partial charge in [0.15, 0.2) is 0 Å². The molecule has 2 aromatic carbocycles. The lowest BCUT2D eigenvalue weighted by atomic mass is 10.0. The van der Waals surface area contributed by atoms with Crippen LogP contribution in [0.5, 0.6) is 0 Å². The Bertz CT molecular complexity index is 1370. The standard InChI is InChI=1S/C23H19F3N4O4S/c1-35(32,33)30-19-11-16(10-17(12-19)23(24,25)26)20-13-18(28-21(14-27)29-20)8-5-9-34-22(31)15-6-3-2-4-7-15/h2-4,6-7,10-13,30H,5,8-9H2,1H3. The van der Waals surface area contributed by atoms with Crippen LogP contribution in [0.4, 0.5) is 18.9 Å². The summed E-state index contributed by atoms with van der Waals surface area (Å²) in [5, 5.41) is 9.28. The second kappa shape index (κ2) is 10.5. The molecule has 1 aromatic heterocycles. The van der Waals surface area contributed by atoms with E-state index in [1.807, 2.05) is 4.72 Å². The first-order valence-electron chi connectivity index (χ1n) is 10.2. The number of hydrogen-bond donors (Lipinski definition) is 1. The highest BCUT2D eigenvalue weighted by atomic mass is 32.2. The fraction of sp³-hybridized carbons (Fsp3) is 0.217. The molecular weight excluding hydrogens is 485 g/mol. The summed E-state index contributed by atoms with van der Waals surface area (Å²) < 4.78 is 70.6. The predicted octanol–water partition coefficient (Wildman–Crippen LogP) is 4.20. The number of benzene rings is 2. The Morgan fingerprint density at radius 3 is 2.46 bits per heavy atom. The van der Waals surface area contributed by atoms with Crippen molar-refractivity contribution in [3.8, 4) is 17.3 Å². The minimum Gasteiger partial charge on any atom is -0.462 e. The molecule has 3 rings (SSSR count). The van der Waals surface area contributed by atoms with Crippen molar-refractivity contribution in [2.45, 2.75) is 19.0 Å². The van der Waals surface area contributed by atoms with Gasteiger partial charge in [-0.25, -0.2) is 23.2 Å². The summed E-state index contributed by atoms with van der Waals surface area (Å²) in [7, 11) is -3.85. The molecule has 1 heterocycles. The average molecular weight is 504 g/mol. The average Bonchev–Trinajstić information content (AvgIpc) is 2.80. The van der Waals surface area contributed by atoms with Crippen LogP contribution in [-0.2, 0) is 27.4 Å². The van der Waals surface area contributed by atoms with Crippen LogP contribution in [0.3, 0.4) is 0 Å². The zero-order valence-corrected chi connectivity index (χ0v) is 19.2. The first-order chi connectivity index (χ1) is 16.4. The number of rotatable bonds is 8. The van der Waals surface area contributed by atoms with Crippen molar-refractivity contribution in [3.05, 3.63) is 77.2 Å². The fourth-order valence-electron chi connectivity index (χ4n) is 3.11. The van der Waals surface area contributed by atoms with Gasteiger partial charge in [-0.3, -0.25) is 4.72 Å². The number of carbonyl (C=O) groups excluding carboxylic acids is 1. The topological polar surface area (TPSA) is 122 Å². The molecule has 0 aliphatic heterocycles. The van der Waals surface area contributed by atoms with E-state index in [4.69, 9.17) is 4.74 Å². The fourth-order valence-corrected chi connectivity index (χ4v) is 3.66. The molecule has 0 aliphatic rings. The van der Waals surface area contributed by atoms with Crippen LogP contribution in [0.15, 0.2) is 54.6 Å². The maximum Gasteiger partial charge on any atom is 0.416 e. The van der Waals surface area contributed by atoms with E-state index in [1.54, 1.807) is 36.4 Å². The Morgan fingerprint density at radius 1 is 1.11 bits per heavy atom. The number of aromatic nitrogens is 2. The van der Waals surface area contributed by atoms with E-state index in [-0.39, 0.29) is 35.8 Å². The molecule has 35 heavy (non-hydrogen) atoms. The molecule has 0 saturated carbocycles. The number of sulfonamides is 1. The second-order valence-electron chi connectivity index (χ2n) is 7.46. The molecule has 1 N–H and O–H groups in total. The molecule has 0 fully saturated rings. The van der Waals surface area contributed by atoms with Crippen LogP contribution >= 0.6 is 0 Å². The first kappa shape index (κ1) is 25.6. The van der Waals surface area contributed by atoms with E-state index in [0.717, 1.165) is 12.3 Å². The molecule has 0 radical (unpaired) electrons. The van der Waals surface area contributed by atoms with E-state index in [9.17, 15) is 31.6 Å². The zero-order valence-electron chi connectivity index (χ0n) is 18.3. The van der Waals surface area contributed by atoms with Crippen molar-refractivity contribution in [2.75, 3.05) is 17.6 Å². The van der Waals surface area contributed by atoms with Crippen molar-refractivity contribution in [2.24, 2.45) is 0 Å². The molecule has 0 unspecified atom stereocenters. The van der Waals surface area contributed by atoms with E-state index in [0.29, 0.717) is 23.7 Å². The van der Waals surface area contributed by atoms with Gasteiger partial charge in [0.2, 0.25) is 15.8 Å². The van der Waals surface area contributed by atoms with Gasteiger partial charge in [-0.05, 0) is 49.2 Å². The predicted molar refractivity (Wildman–Crippen MR) is 121 cm³/mol. The van der Waals surface area contributed by atoms with Crippen molar-refractivity contribution >= 4 is 21.7 Å². The Labute approximate surface area is 199 Å². The number of alkyl halides is 3. The highest BCUT2D eigenvalue weighted by Gasteiger charge is 2.31. The van der Waals surface area contributed by atoms with Crippen LogP contribution < -0.4 is 4.72 Å². The van der Waals surface area contributed by atoms with Gasteiger partial charge in [-0.1, -0.05) is 18.2 Å². The molecule has 182 valence electrons. The molecule has 12 heteroatoms. The Kier molecular flexibility index (Phi) is 7.71. The van der Waals surface area contributed by atoms with Gasteiger partial charge in [0.05, 0.1) is 29.7 Å². The van der Waals surface area contributed by atoms with Gasteiger partial charge in [-0.15, -0.1) is 0 Å². The van der Waals surface area contributed by atoms with Crippen molar-refractivity contribution in [1.29, 1.82) is 5.26 Å². The maximum absolute atomic E-state index is 13.4. The summed E-state index contributed by atoms with van der Waals surface area (Å²) in [5.74, 6) is -0.768. The molecule has 0 atom stereocenters. The van der Waals surface area contributed by atoms with Gasteiger partial charge < -0.3 is 4.74 Å². The van der Waals surface area contributed by atoms with Gasteiger partial charge in [0, 0.05) is 16.9 Å². The summed E-state index contributed by atoms with van der Waals surface area (Å²) in [4.78, 5) is 20.0. The summed E-state index contributed by atoms with van der Waals surface area (Å²) in [6.07, 6.45) is -3.35. The number of carbonyl (C=O) groups is 1. The van der Waals surface area contributed by atoms with Gasteiger partial charge in [0.1, 0.15) is 6.07 Å². The van der Waals surface area contributed by atoms with Gasteiger partial charge >= 0.3 is 12.1 Å². The van der Waals surface area contributed by atoms with E-state index in [1.165, 1.54) is 12.1 Å². The number of nitrogens with zero attached hydrogens (tertiary/aromatic N) is 3. The highest BCUT2D eigenvalue weighted by molar-refractivity contribution is 7.92. The summed E-state index contributed by atoms with van der Waals surface area (Å²) in [6.45, 7) is 0.0565. The first-order valence-corrected chi connectivity index (χ1v) is 12.0. The van der Waals surface area contributed by atoms with E-state index < -0.39 is 27.7 Å². The molecule has 0 amide bonds. The second-order valence-corrected chi connectivity index (χ2v) is 9.20. The number of nitrogens with one attached hydrogen (secondary N) is 1. The van der Waals surface area contributed by atoms with Crippen molar-refractivity contribution < 1.29 is 31.1 Å². The summed E-state index contributed by atoms with van der Waals surface area (Å²) in [5.41, 5.74) is -0.697. The molecule has 3 aromatic rings. The number of nitriles is 1. The zero-order chi connectivity index (χ0) is 25.6. The number of ether oxygens (including phenoxy) is 1. The number of hydrogen-bond acceptors (Lipinski definition) is 7. The normalized spacial score (nSPS) is 11.5.